The van der Waals surface area contributed by atoms with Crippen LogP contribution in [0.4, 0.5) is 0 Å². The minimum atomic E-state index is -0.829. The van der Waals surface area contributed by atoms with E-state index in [9.17, 15) is 9.59 Å². The Morgan fingerprint density at radius 2 is 2.25 bits per heavy atom. The Hall–Kier alpha value is -1.62. The highest BCUT2D eigenvalue weighted by molar-refractivity contribution is 7.17. The number of fused-ring (bicyclic) bond motifs is 1. The zero-order valence-electron chi connectivity index (χ0n) is 8.55. The van der Waals surface area contributed by atoms with Crippen LogP contribution in [0.1, 0.15) is 12.8 Å². The summed E-state index contributed by atoms with van der Waals surface area (Å²) in [6, 6.07) is 3.69. The van der Waals surface area contributed by atoms with Gasteiger partial charge in [-0.15, -0.1) is 11.3 Å². The molecule has 1 N–H and O–H groups in total. The number of thiophene rings is 1. The van der Waals surface area contributed by atoms with Gasteiger partial charge in [0.1, 0.15) is 0 Å². The van der Waals surface area contributed by atoms with Gasteiger partial charge in [0, 0.05) is 23.9 Å². The van der Waals surface area contributed by atoms with Crippen LogP contribution in [-0.2, 0) is 11.3 Å². The summed E-state index contributed by atoms with van der Waals surface area (Å²) in [7, 11) is 0. The van der Waals surface area contributed by atoms with Crippen molar-refractivity contribution < 1.29 is 9.90 Å². The van der Waals surface area contributed by atoms with Crippen molar-refractivity contribution in [1.29, 1.82) is 0 Å². The molecule has 4 nitrogen and oxygen atoms in total. The lowest BCUT2D eigenvalue weighted by Crippen LogP contribution is -2.19. The minimum absolute atomic E-state index is 0.0378. The third kappa shape index (κ3) is 2.14. The van der Waals surface area contributed by atoms with Gasteiger partial charge in [-0.05, 0) is 23.9 Å². The van der Waals surface area contributed by atoms with Gasteiger partial charge in [-0.1, -0.05) is 0 Å². The molecule has 0 atom stereocenters. The Morgan fingerprint density at radius 3 is 3.00 bits per heavy atom. The normalized spacial score (nSPS) is 10.8. The molecule has 84 valence electrons. The monoisotopic (exact) mass is 237 g/mol. The van der Waals surface area contributed by atoms with Crippen LogP contribution in [0.25, 0.3) is 10.1 Å². The quantitative estimate of drug-likeness (QED) is 0.883. The number of aryl methyl sites for hydroxylation is 1. The fourth-order valence-electron chi connectivity index (χ4n) is 1.58. The molecule has 2 heterocycles. The summed E-state index contributed by atoms with van der Waals surface area (Å²) in [5.41, 5.74) is -0.0378. The summed E-state index contributed by atoms with van der Waals surface area (Å²) in [6.07, 6.45) is 2.29. The molecule has 0 saturated heterocycles. The van der Waals surface area contributed by atoms with E-state index < -0.39 is 5.97 Å². The van der Waals surface area contributed by atoms with E-state index in [0.717, 1.165) is 4.70 Å². The fraction of sp³-hybridized carbons (Fsp3) is 0.273. The number of aromatic nitrogens is 1. The van der Waals surface area contributed by atoms with Crippen molar-refractivity contribution in [2.45, 2.75) is 19.4 Å². The number of hydrogen-bond acceptors (Lipinski definition) is 3. The maximum absolute atomic E-state index is 11.9. The third-order valence-corrected chi connectivity index (χ3v) is 3.26. The van der Waals surface area contributed by atoms with Crippen LogP contribution in [0.5, 0.6) is 0 Å². The third-order valence-electron chi connectivity index (χ3n) is 2.38. The Bertz CT molecular complexity index is 570. The Labute approximate surface area is 95.8 Å². The number of carbonyl (C=O) groups is 1. The highest BCUT2D eigenvalue weighted by Gasteiger charge is 2.04. The highest BCUT2D eigenvalue weighted by atomic mass is 32.1. The van der Waals surface area contributed by atoms with Crippen LogP contribution >= 0.6 is 11.3 Å². The van der Waals surface area contributed by atoms with E-state index in [1.54, 1.807) is 16.8 Å². The first-order chi connectivity index (χ1) is 7.68. The maximum Gasteiger partial charge on any atom is 0.303 e. The second-order valence-electron chi connectivity index (χ2n) is 3.51. The smallest absolute Gasteiger partial charge is 0.303 e. The van der Waals surface area contributed by atoms with Crippen LogP contribution in [0.3, 0.4) is 0 Å². The summed E-state index contributed by atoms with van der Waals surface area (Å²) in [4.78, 5) is 22.2. The molecule has 0 fully saturated rings. The van der Waals surface area contributed by atoms with Crippen LogP contribution in [-0.4, -0.2) is 15.6 Å². The average molecular weight is 237 g/mol. The summed E-state index contributed by atoms with van der Waals surface area (Å²) >= 11 is 1.53. The van der Waals surface area contributed by atoms with Crippen LogP contribution in [0, 0.1) is 0 Å². The zero-order chi connectivity index (χ0) is 11.5. The van der Waals surface area contributed by atoms with Gasteiger partial charge < -0.3 is 9.67 Å². The molecule has 0 aromatic carbocycles. The lowest BCUT2D eigenvalue weighted by Gasteiger charge is -2.03. The maximum atomic E-state index is 11.9. The lowest BCUT2D eigenvalue weighted by atomic mass is 10.3. The van der Waals surface area contributed by atoms with E-state index in [1.807, 2.05) is 11.4 Å². The molecule has 16 heavy (non-hydrogen) atoms. The topological polar surface area (TPSA) is 59.3 Å². The molecule has 2 aromatic heterocycles. The van der Waals surface area contributed by atoms with Gasteiger partial charge in [0.15, 0.2) is 0 Å². The molecule has 2 aromatic rings. The SMILES string of the molecule is O=C(O)CCCn1ccc2sccc2c1=O. The first-order valence-electron chi connectivity index (χ1n) is 4.97. The molecule has 0 aliphatic heterocycles. The number of carboxylic acid groups (broad SMARTS) is 1. The molecule has 0 saturated carbocycles. The number of hydrogen-bond donors (Lipinski definition) is 1. The molecular weight excluding hydrogens is 226 g/mol. The van der Waals surface area contributed by atoms with Crippen molar-refractivity contribution >= 4 is 27.4 Å². The molecule has 0 aliphatic carbocycles. The van der Waals surface area contributed by atoms with Crippen LogP contribution < -0.4 is 5.56 Å². The van der Waals surface area contributed by atoms with Crippen molar-refractivity contribution in [3.63, 3.8) is 0 Å². The Morgan fingerprint density at radius 1 is 1.44 bits per heavy atom. The molecule has 0 amide bonds. The minimum Gasteiger partial charge on any atom is -0.481 e. The number of rotatable bonds is 4. The van der Waals surface area contributed by atoms with Gasteiger partial charge in [0.05, 0.1) is 5.39 Å². The standard InChI is InChI=1S/C11H11NO3S/c13-10(14)2-1-5-12-6-3-9-8(11(12)15)4-7-16-9/h3-4,6-7H,1-2,5H2,(H,13,14). The molecule has 0 radical (unpaired) electrons. The lowest BCUT2D eigenvalue weighted by molar-refractivity contribution is -0.137. The second-order valence-corrected chi connectivity index (χ2v) is 4.46. The average Bonchev–Trinajstić information content (AvgIpc) is 2.69. The molecule has 0 spiro atoms. The fourth-order valence-corrected chi connectivity index (χ4v) is 2.36. The summed E-state index contributed by atoms with van der Waals surface area (Å²) in [6.45, 7) is 0.455. The molecule has 0 unspecified atom stereocenters. The number of carboxylic acids is 1. The van der Waals surface area contributed by atoms with E-state index in [0.29, 0.717) is 18.4 Å². The molecular formula is C11H11NO3S. The number of aliphatic carboxylic acids is 1. The van der Waals surface area contributed by atoms with Crippen LogP contribution in [0.15, 0.2) is 28.5 Å². The highest BCUT2D eigenvalue weighted by Crippen LogP contribution is 2.16. The molecule has 0 bridgehead atoms. The van der Waals surface area contributed by atoms with Crippen molar-refractivity contribution in [1.82, 2.24) is 4.57 Å². The number of pyridine rings is 1. The summed E-state index contributed by atoms with van der Waals surface area (Å²) < 4.78 is 2.54. The van der Waals surface area contributed by atoms with Gasteiger partial charge in [0.2, 0.25) is 0 Å². The van der Waals surface area contributed by atoms with Gasteiger partial charge in [0.25, 0.3) is 5.56 Å². The van der Waals surface area contributed by atoms with E-state index in [4.69, 9.17) is 5.11 Å². The Balaban J connectivity index is 2.21. The second kappa shape index (κ2) is 4.49. The predicted molar refractivity (Wildman–Crippen MR) is 63.0 cm³/mol. The van der Waals surface area contributed by atoms with E-state index in [1.165, 1.54) is 11.3 Å². The Kier molecular flexibility index (Phi) is 3.05. The van der Waals surface area contributed by atoms with E-state index >= 15 is 0 Å². The van der Waals surface area contributed by atoms with Crippen LogP contribution in [0.2, 0.25) is 0 Å². The summed E-state index contributed by atoms with van der Waals surface area (Å²) in [5.74, 6) is -0.829. The molecule has 2 rings (SSSR count). The first-order valence-corrected chi connectivity index (χ1v) is 5.85. The van der Waals surface area contributed by atoms with Crippen molar-refractivity contribution in [2.24, 2.45) is 0 Å². The predicted octanol–water partition coefficient (Wildman–Crippen LogP) is 1.93. The van der Waals surface area contributed by atoms with Crippen molar-refractivity contribution in [3.8, 4) is 0 Å². The van der Waals surface area contributed by atoms with E-state index in [2.05, 4.69) is 0 Å². The van der Waals surface area contributed by atoms with Crippen molar-refractivity contribution in [2.75, 3.05) is 0 Å². The van der Waals surface area contributed by atoms with Gasteiger partial charge >= 0.3 is 5.97 Å². The first kappa shape index (κ1) is 10.9. The van der Waals surface area contributed by atoms with E-state index in [-0.39, 0.29) is 12.0 Å². The van der Waals surface area contributed by atoms with Crippen molar-refractivity contribution in [3.05, 3.63) is 34.1 Å². The zero-order valence-corrected chi connectivity index (χ0v) is 9.37. The number of nitrogens with zero attached hydrogens (tertiary/aromatic N) is 1. The molecule has 5 heteroatoms. The van der Waals surface area contributed by atoms with Gasteiger partial charge in [-0.3, -0.25) is 9.59 Å². The van der Waals surface area contributed by atoms with Gasteiger partial charge in [-0.25, -0.2) is 0 Å². The van der Waals surface area contributed by atoms with Gasteiger partial charge in [-0.2, -0.15) is 0 Å². The molecule has 0 aliphatic rings. The largest absolute Gasteiger partial charge is 0.481 e. The summed E-state index contributed by atoms with van der Waals surface area (Å²) in [5, 5.41) is 11.1.